The normalized spacial score (nSPS) is 12.9. The van der Waals surface area contributed by atoms with E-state index >= 15 is 0 Å². The SMILES string of the molecule is CCC(=O)COC1=Cc2cc(Nc3nc(-n4cccn4)ncc3Cl)ccc2CC1=O. The van der Waals surface area contributed by atoms with Crippen LogP contribution in [0.25, 0.3) is 12.0 Å². The second-order valence-corrected chi connectivity index (χ2v) is 7.05. The van der Waals surface area contributed by atoms with Crippen LogP contribution in [-0.2, 0) is 20.7 Å². The summed E-state index contributed by atoms with van der Waals surface area (Å²) in [5.41, 5.74) is 2.44. The van der Waals surface area contributed by atoms with E-state index in [4.69, 9.17) is 16.3 Å². The summed E-state index contributed by atoms with van der Waals surface area (Å²) >= 11 is 6.25. The van der Waals surface area contributed by atoms with Crippen molar-refractivity contribution in [3.05, 3.63) is 64.8 Å². The van der Waals surface area contributed by atoms with Gasteiger partial charge in [0.2, 0.25) is 5.78 Å². The zero-order valence-electron chi connectivity index (χ0n) is 16.1. The van der Waals surface area contributed by atoms with Gasteiger partial charge in [-0.2, -0.15) is 10.1 Å². The van der Waals surface area contributed by atoms with Crippen LogP contribution in [0.1, 0.15) is 24.5 Å². The quantitative estimate of drug-likeness (QED) is 0.620. The highest BCUT2D eigenvalue weighted by Gasteiger charge is 2.21. The van der Waals surface area contributed by atoms with Crippen molar-refractivity contribution >= 4 is 40.7 Å². The second-order valence-electron chi connectivity index (χ2n) is 6.65. The predicted octanol–water partition coefficient (Wildman–Crippen LogP) is 3.52. The number of hydrogen-bond donors (Lipinski definition) is 1. The minimum Gasteiger partial charge on any atom is -0.482 e. The monoisotopic (exact) mass is 423 g/mol. The number of ether oxygens (including phenoxy) is 1. The number of nitrogens with zero attached hydrogens (tertiary/aromatic N) is 4. The molecule has 2 aromatic heterocycles. The van der Waals surface area contributed by atoms with Crippen LogP contribution in [0.2, 0.25) is 5.02 Å². The fraction of sp³-hybridized carbons (Fsp3) is 0.190. The number of nitrogens with one attached hydrogen (secondary N) is 1. The number of fused-ring (bicyclic) bond motifs is 1. The topological polar surface area (TPSA) is 99.0 Å². The molecule has 0 unspecified atom stereocenters. The maximum Gasteiger partial charge on any atom is 0.252 e. The van der Waals surface area contributed by atoms with E-state index < -0.39 is 0 Å². The summed E-state index contributed by atoms with van der Waals surface area (Å²) in [5, 5.41) is 7.65. The Hall–Kier alpha value is -3.52. The average Bonchev–Trinajstić information content (AvgIpc) is 3.28. The summed E-state index contributed by atoms with van der Waals surface area (Å²) < 4.78 is 6.96. The van der Waals surface area contributed by atoms with Gasteiger partial charge in [0.1, 0.15) is 11.6 Å². The number of carbonyl (C=O) groups is 2. The molecule has 152 valence electrons. The van der Waals surface area contributed by atoms with Gasteiger partial charge in [0.05, 0.1) is 6.20 Å². The first kappa shape index (κ1) is 19.8. The molecule has 8 nitrogen and oxygen atoms in total. The highest BCUT2D eigenvalue weighted by molar-refractivity contribution is 6.32. The molecular formula is C21H18ClN5O3. The van der Waals surface area contributed by atoms with Gasteiger partial charge in [0.25, 0.3) is 5.95 Å². The van der Waals surface area contributed by atoms with E-state index in [1.165, 1.54) is 10.9 Å². The van der Waals surface area contributed by atoms with Gasteiger partial charge in [-0.1, -0.05) is 24.6 Å². The molecule has 2 heterocycles. The van der Waals surface area contributed by atoms with Crippen molar-refractivity contribution in [1.82, 2.24) is 19.7 Å². The first-order valence-corrected chi connectivity index (χ1v) is 9.73. The van der Waals surface area contributed by atoms with E-state index in [-0.39, 0.29) is 30.4 Å². The number of halogens is 1. The van der Waals surface area contributed by atoms with Crippen molar-refractivity contribution in [2.24, 2.45) is 0 Å². The Morgan fingerprint density at radius 1 is 1.37 bits per heavy atom. The van der Waals surface area contributed by atoms with Gasteiger partial charge in [-0.25, -0.2) is 9.67 Å². The summed E-state index contributed by atoms with van der Waals surface area (Å²) in [5.74, 6) is 0.804. The molecule has 0 saturated heterocycles. The lowest BCUT2D eigenvalue weighted by atomic mass is 9.95. The molecule has 1 aliphatic rings. The molecular weight excluding hydrogens is 406 g/mol. The molecule has 1 N–H and O–H groups in total. The third-order valence-electron chi connectivity index (χ3n) is 4.54. The molecule has 0 amide bonds. The lowest BCUT2D eigenvalue weighted by Gasteiger charge is -2.17. The van der Waals surface area contributed by atoms with Crippen LogP contribution >= 0.6 is 11.6 Å². The molecule has 0 spiro atoms. The minimum atomic E-state index is -0.144. The standard InChI is InChI=1S/C21H18ClN5O3/c1-2-16(28)12-30-19-10-14-8-15(5-4-13(14)9-18(19)29)25-20-17(22)11-23-21(26-20)27-7-3-6-24-27/h3-8,10-11H,2,9,12H2,1H3,(H,23,25,26). The van der Waals surface area contributed by atoms with Crippen LogP contribution in [0.15, 0.2) is 48.6 Å². The van der Waals surface area contributed by atoms with Crippen molar-refractivity contribution in [1.29, 1.82) is 0 Å². The first-order chi connectivity index (χ1) is 14.5. The van der Waals surface area contributed by atoms with Gasteiger partial charge in [0, 0.05) is 30.9 Å². The summed E-state index contributed by atoms with van der Waals surface area (Å²) in [6, 6.07) is 7.36. The van der Waals surface area contributed by atoms with Gasteiger partial charge in [-0.3, -0.25) is 9.59 Å². The van der Waals surface area contributed by atoms with Crippen molar-refractivity contribution < 1.29 is 14.3 Å². The molecule has 9 heteroatoms. The molecule has 0 radical (unpaired) electrons. The number of ketones is 2. The van der Waals surface area contributed by atoms with E-state index in [9.17, 15) is 9.59 Å². The molecule has 4 rings (SSSR count). The fourth-order valence-electron chi connectivity index (χ4n) is 2.91. The van der Waals surface area contributed by atoms with E-state index in [1.807, 2.05) is 18.2 Å². The Labute approximate surface area is 177 Å². The zero-order valence-corrected chi connectivity index (χ0v) is 16.9. The van der Waals surface area contributed by atoms with E-state index in [1.54, 1.807) is 31.5 Å². The molecule has 1 aromatic carbocycles. The first-order valence-electron chi connectivity index (χ1n) is 9.35. The Kier molecular flexibility index (Phi) is 5.58. The minimum absolute atomic E-state index is 0.0590. The fourth-order valence-corrected chi connectivity index (χ4v) is 3.05. The molecule has 0 saturated carbocycles. The van der Waals surface area contributed by atoms with Crippen LogP contribution in [0, 0.1) is 0 Å². The third kappa shape index (κ3) is 4.23. The van der Waals surface area contributed by atoms with Crippen LogP contribution in [0.3, 0.4) is 0 Å². The van der Waals surface area contributed by atoms with Crippen molar-refractivity contribution in [3.8, 4) is 5.95 Å². The highest BCUT2D eigenvalue weighted by Crippen LogP contribution is 2.28. The predicted molar refractivity (Wildman–Crippen MR) is 112 cm³/mol. The average molecular weight is 424 g/mol. The molecule has 0 atom stereocenters. The smallest absolute Gasteiger partial charge is 0.252 e. The lowest BCUT2D eigenvalue weighted by molar-refractivity contribution is -0.124. The lowest BCUT2D eigenvalue weighted by Crippen LogP contribution is -2.17. The number of rotatable bonds is 7. The molecule has 3 aromatic rings. The van der Waals surface area contributed by atoms with Crippen molar-refractivity contribution in [3.63, 3.8) is 0 Å². The molecule has 30 heavy (non-hydrogen) atoms. The Bertz CT molecular complexity index is 1140. The van der Waals surface area contributed by atoms with Crippen molar-refractivity contribution in [2.75, 3.05) is 11.9 Å². The number of hydrogen-bond acceptors (Lipinski definition) is 7. The van der Waals surface area contributed by atoms with Crippen LogP contribution in [0.5, 0.6) is 0 Å². The largest absolute Gasteiger partial charge is 0.482 e. The summed E-state index contributed by atoms with van der Waals surface area (Å²) in [4.78, 5) is 32.4. The number of aromatic nitrogens is 4. The molecule has 0 bridgehead atoms. The summed E-state index contributed by atoms with van der Waals surface area (Å²) in [6.07, 6.45) is 7.12. The Morgan fingerprint density at radius 3 is 3.00 bits per heavy atom. The van der Waals surface area contributed by atoms with Gasteiger partial charge >= 0.3 is 0 Å². The number of anilines is 2. The number of allylic oxidation sites excluding steroid dienone is 1. The van der Waals surface area contributed by atoms with Gasteiger partial charge in [0.15, 0.2) is 17.4 Å². The zero-order chi connectivity index (χ0) is 21.1. The number of benzene rings is 1. The maximum absolute atomic E-state index is 12.3. The highest BCUT2D eigenvalue weighted by atomic mass is 35.5. The molecule has 0 aliphatic heterocycles. The van der Waals surface area contributed by atoms with Gasteiger partial charge in [-0.05, 0) is 35.4 Å². The van der Waals surface area contributed by atoms with Gasteiger partial charge in [-0.15, -0.1) is 0 Å². The van der Waals surface area contributed by atoms with E-state index in [0.29, 0.717) is 23.2 Å². The Balaban J connectivity index is 1.58. The Morgan fingerprint density at radius 2 is 2.23 bits per heavy atom. The van der Waals surface area contributed by atoms with Crippen LogP contribution in [-0.4, -0.2) is 37.9 Å². The number of Topliss-reactive ketones (excluding diaryl/α,β-unsaturated/α-hetero) is 2. The van der Waals surface area contributed by atoms with Crippen LogP contribution in [0.4, 0.5) is 11.5 Å². The van der Waals surface area contributed by atoms with Gasteiger partial charge < -0.3 is 10.1 Å². The number of carbonyl (C=O) groups excluding carboxylic acids is 2. The second kappa shape index (κ2) is 8.46. The maximum atomic E-state index is 12.3. The van der Waals surface area contributed by atoms with E-state index in [0.717, 1.165) is 16.8 Å². The van der Waals surface area contributed by atoms with Crippen molar-refractivity contribution in [2.45, 2.75) is 19.8 Å². The van der Waals surface area contributed by atoms with E-state index in [2.05, 4.69) is 20.4 Å². The summed E-state index contributed by atoms with van der Waals surface area (Å²) in [7, 11) is 0. The van der Waals surface area contributed by atoms with Crippen LogP contribution < -0.4 is 5.32 Å². The third-order valence-corrected chi connectivity index (χ3v) is 4.82. The molecule has 0 fully saturated rings. The summed E-state index contributed by atoms with van der Waals surface area (Å²) in [6.45, 7) is 1.65. The molecule has 1 aliphatic carbocycles.